The first-order valence-corrected chi connectivity index (χ1v) is 4.55. The highest BCUT2D eigenvalue weighted by atomic mass is 19.2. The van der Waals surface area contributed by atoms with Gasteiger partial charge in [-0.15, -0.1) is 0 Å². The van der Waals surface area contributed by atoms with E-state index in [2.05, 4.69) is 4.99 Å². The normalized spacial score (nSPS) is 14.1. The molecule has 0 spiro atoms. The molecule has 0 radical (unpaired) electrons. The third kappa shape index (κ3) is 2.37. The summed E-state index contributed by atoms with van der Waals surface area (Å²) in [5.41, 5.74) is 1.12. The fourth-order valence-electron chi connectivity index (χ4n) is 1.26. The Morgan fingerprint density at radius 1 is 1.20 bits per heavy atom. The molecule has 0 aromatic heterocycles. The van der Waals surface area contributed by atoms with Crippen molar-refractivity contribution in [2.75, 3.05) is 7.05 Å². The minimum absolute atomic E-state index is 0.223. The van der Waals surface area contributed by atoms with E-state index in [4.69, 9.17) is 0 Å². The molecule has 0 amide bonds. The lowest BCUT2D eigenvalue weighted by molar-refractivity contribution is 0.445. The van der Waals surface area contributed by atoms with Crippen molar-refractivity contribution in [3.05, 3.63) is 35.1 Å². The smallest absolute Gasteiger partial charge is 0.194 e. The maximum absolute atomic E-state index is 12.9. The van der Waals surface area contributed by atoms with Gasteiger partial charge in [0.05, 0.1) is 0 Å². The molecule has 0 aliphatic rings. The summed E-state index contributed by atoms with van der Waals surface area (Å²) < 4.78 is 38.5. The molecule has 0 saturated heterocycles. The van der Waals surface area contributed by atoms with Crippen LogP contribution in [0.3, 0.4) is 0 Å². The van der Waals surface area contributed by atoms with Crippen LogP contribution < -0.4 is 0 Å². The summed E-state index contributed by atoms with van der Waals surface area (Å²) >= 11 is 0. The lowest BCUT2D eigenvalue weighted by Gasteiger charge is -2.11. The average Bonchev–Trinajstić information content (AvgIpc) is 2.23. The number of hydrogen-bond donors (Lipinski definition) is 0. The monoisotopic (exact) mass is 215 g/mol. The zero-order valence-electron chi connectivity index (χ0n) is 8.81. The molecule has 1 unspecified atom stereocenters. The number of halogens is 3. The first kappa shape index (κ1) is 11.8. The average molecular weight is 215 g/mol. The highest BCUT2D eigenvalue weighted by molar-refractivity contribution is 5.88. The summed E-state index contributed by atoms with van der Waals surface area (Å²) in [5.74, 6) is -3.99. The number of hydrogen-bond acceptors (Lipinski definition) is 1. The summed E-state index contributed by atoms with van der Waals surface area (Å²) in [5, 5.41) is 0. The van der Waals surface area contributed by atoms with Gasteiger partial charge < -0.3 is 0 Å². The van der Waals surface area contributed by atoms with Crippen molar-refractivity contribution < 1.29 is 13.2 Å². The van der Waals surface area contributed by atoms with E-state index in [1.165, 1.54) is 0 Å². The standard InChI is InChI=1S/C11H12F3N/c1-6(7(2)15-3)8-4-9(12)11(14)10(13)5-8/h4-6H,1-3H3. The van der Waals surface area contributed by atoms with E-state index in [1.807, 2.05) is 0 Å². The van der Waals surface area contributed by atoms with Crippen LogP contribution in [0.1, 0.15) is 25.3 Å². The van der Waals surface area contributed by atoms with E-state index in [0.29, 0.717) is 5.56 Å². The highest BCUT2D eigenvalue weighted by Crippen LogP contribution is 2.21. The fourth-order valence-corrected chi connectivity index (χ4v) is 1.26. The molecule has 82 valence electrons. The van der Waals surface area contributed by atoms with E-state index < -0.39 is 17.5 Å². The molecule has 4 heteroatoms. The van der Waals surface area contributed by atoms with Gasteiger partial charge in [0.1, 0.15) is 0 Å². The largest absolute Gasteiger partial charge is 0.297 e. The molecule has 0 aliphatic heterocycles. The maximum Gasteiger partial charge on any atom is 0.194 e. The molecule has 1 aromatic rings. The number of aliphatic imine (C=N–C) groups is 1. The van der Waals surface area contributed by atoms with Gasteiger partial charge in [0.15, 0.2) is 17.5 Å². The van der Waals surface area contributed by atoms with Crippen LogP contribution in [0.25, 0.3) is 0 Å². The SMILES string of the molecule is CN=C(C)C(C)c1cc(F)c(F)c(F)c1. The molecule has 0 bridgehead atoms. The van der Waals surface area contributed by atoms with Gasteiger partial charge >= 0.3 is 0 Å². The Labute approximate surface area is 86.6 Å². The molecular formula is C11H12F3N. The Morgan fingerprint density at radius 2 is 1.67 bits per heavy atom. The van der Waals surface area contributed by atoms with Crippen LogP contribution in [0.5, 0.6) is 0 Å². The Hall–Kier alpha value is -1.32. The molecule has 0 saturated carbocycles. The van der Waals surface area contributed by atoms with Crippen LogP contribution >= 0.6 is 0 Å². The molecule has 1 nitrogen and oxygen atoms in total. The van der Waals surface area contributed by atoms with Crippen molar-refractivity contribution in [1.29, 1.82) is 0 Å². The van der Waals surface area contributed by atoms with Crippen LogP contribution in [0.15, 0.2) is 17.1 Å². The van der Waals surface area contributed by atoms with Gasteiger partial charge in [0, 0.05) is 18.7 Å². The Balaban J connectivity index is 3.17. The Morgan fingerprint density at radius 3 is 2.07 bits per heavy atom. The minimum Gasteiger partial charge on any atom is -0.297 e. The van der Waals surface area contributed by atoms with E-state index in [9.17, 15) is 13.2 Å². The molecule has 0 fully saturated rings. The van der Waals surface area contributed by atoms with Gasteiger partial charge in [-0.1, -0.05) is 6.92 Å². The van der Waals surface area contributed by atoms with Crippen molar-refractivity contribution in [2.24, 2.45) is 4.99 Å². The molecule has 15 heavy (non-hydrogen) atoms. The minimum atomic E-state index is -1.43. The van der Waals surface area contributed by atoms with Gasteiger partial charge in [0.2, 0.25) is 0 Å². The fraction of sp³-hybridized carbons (Fsp3) is 0.364. The van der Waals surface area contributed by atoms with Crippen molar-refractivity contribution in [3.8, 4) is 0 Å². The van der Waals surface area contributed by atoms with Crippen LogP contribution in [0.2, 0.25) is 0 Å². The Bertz CT molecular complexity index is 376. The number of benzene rings is 1. The second-order valence-electron chi connectivity index (χ2n) is 3.39. The highest BCUT2D eigenvalue weighted by Gasteiger charge is 2.15. The molecule has 1 aromatic carbocycles. The predicted octanol–water partition coefficient (Wildman–Crippen LogP) is 3.30. The number of nitrogens with zero attached hydrogens (tertiary/aromatic N) is 1. The molecular weight excluding hydrogens is 203 g/mol. The summed E-state index contributed by atoms with van der Waals surface area (Å²) in [4.78, 5) is 3.92. The van der Waals surface area contributed by atoms with Crippen LogP contribution in [-0.2, 0) is 0 Å². The van der Waals surface area contributed by atoms with Crippen molar-refractivity contribution in [2.45, 2.75) is 19.8 Å². The Kier molecular flexibility index (Phi) is 3.50. The van der Waals surface area contributed by atoms with Crippen LogP contribution in [-0.4, -0.2) is 12.8 Å². The summed E-state index contributed by atoms with van der Waals surface area (Å²) in [6.07, 6.45) is 0. The molecule has 0 aliphatic carbocycles. The molecule has 0 N–H and O–H groups in total. The summed E-state index contributed by atoms with van der Waals surface area (Å²) in [6.45, 7) is 3.51. The lowest BCUT2D eigenvalue weighted by Crippen LogP contribution is -2.07. The van der Waals surface area contributed by atoms with E-state index >= 15 is 0 Å². The van der Waals surface area contributed by atoms with Gasteiger partial charge in [-0.25, -0.2) is 13.2 Å². The van der Waals surface area contributed by atoms with Gasteiger partial charge in [-0.3, -0.25) is 4.99 Å². The second kappa shape index (κ2) is 4.47. The summed E-state index contributed by atoms with van der Waals surface area (Å²) in [7, 11) is 1.60. The van der Waals surface area contributed by atoms with E-state index in [0.717, 1.165) is 17.8 Å². The van der Waals surface area contributed by atoms with Gasteiger partial charge in [-0.05, 0) is 24.6 Å². The first-order valence-electron chi connectivity index (χ1n) is 4.55. The summed E-state index contributed by atoms with van der Waals surface area (Å²) in [6, 6.07) is 2.00. The quantitative estimate of drug-likeness (QED) is 0.530. The van der Waals surface area contributed by atoms with Crippen molar-refractivity contribution in [1.82, 2.24) is 0 Å². The van der Waals surface area contributed by atoms with Crippen molar-refractivity contribution in [3.63, 3.8) is 0 Å². The molecule has 0 heterocycles. The van der Waals surface area contributed by atoms with Crippen molar-refractivity contribution >= 4 is 5.71 Å². The number of rotatable bonds is 2. The molecule has 1 atom stereocenters. The third-order valence-electron chi connectivity index (χ3n) is 2.49. The van der Waals surface area contributed by atoms with E-state index in [1.54, 1.807) is 20.9 Å². The van der Waals surface area contributed by atoms with E-state index in [-0.39, 0.29) is 5.92 Å². The zero-order chi connectivity index (χ0) is 11.6. The van der Waals surface area contributed by atoms with Crippen LogP contribution in [0.4, 0.5) is 13.2 Å². The van der Waals surface area contributed by atoms with Gasteiger partial charge in [0.25, 0.3) is 0 Å². The van der Waals surface area contributed by atoms with Gasteiger partial charge in [-0.2, -0.15) is 0 Å². The maximum atomic E-state index is 12.9. The lowest BCUT2D eigenvalue weighted by atomic mass is 9.96. The molecule has 1 rings (SSSR count). The van der Waals surface area contributed by atoms with Crippen LogP contribution in [0, 0.1) is 17.5 Å². The first-order chi connectivity index (χ1) is 6.97. The zero-order valence-corrected chi connectivity index (χ0v) is 8.81. The topological polar surface area (TPSA) is 12.4 Å². The third-order valence-corrected chi connectivity index (χ3v) is 2.49. The second-order valence-corrected chi connectivity index (χ2v) is 3.39. The predicted molar refractivity (Wildman–Crippen MR) is 53.8 cm³/mol.